The van der Waals surface area contributed by atoms with Crippen LogP contribution in [0.5, 0.6) is 5.75 Å². The van der Waals surface area contributed by atoms with Crippen molar-refractivity contribution in [1.82, 2.24) is 9.55 Å². The van der Waals surface area contributed by atoms with E-state index < -0.39 is 0 Å². The van der Waals surface area contributed by atoms with E-state index in [-0.39, 0.29) is 11.3 Å². The summed E-state index contributed by atoms with van der Waals surface area (Å²) in [7, 11) is 0. The summed E-state index contributed by atoms with van der Waals surface area (Å²) in [5.74, 6) is 0.672. The molecular weight excluding hydrogens is 336 g/mol. The van der Waals surface area contributed by atoms with Gasteiger partial charge in [-0.1, -0.05) is 55.8 Å². The molecular formula is C23H26N2O2. The predicted octanol–water partition coefficient (Wildman–Crippen LogP) is 4.51. The molecule has 0 fully saturated rings. The maximum atomic E-state index is 13.3. The van der Waals surface area contributed by atoms with Gasteiger partial charge in [0.05, 0.1) is 5.56 Å². The summed E-state index contributed by atoms with van der Waals surface area (Å²) in [6.45, 7) is 4.53. The first-order valence-corrected chi connectivity index (χ1v) is 9.54. The number of aromatic nitrogens is 2. The van der Waals surface area contributed by atoms with E-state index in [4.69, 9.17) is 4.98 Å². The van der Waals surface area contributed by atoms with Gasteiger partial charge in [-0.2, -0.15) is 0 Å². The second-order valence-corrected chi connectivity index (χ2v) is 6.81. The van der Waals surface area contributed by atoms with Crippen LogP contribution in [0.1, 0.15) is 36.6 Å². The van der Waals surface area contributed by atoms with Crippen LogP contribution >= 0.6 is 0 Å². The Kier molecular flexibility index (Phi) is 6.07. The molecule has 0 spiro atoms. The summed E-state index contributed by atoms with van der Waals surface area (Å²) in [6.07, 6.45) is 3.47. The van der Waals surface area contributed by atoms with Crippen LogP contribution in [0.2, 0.25) is 0 Å². The standard InChI is InChI=1S/C23H26N2O2/c1-3-4-12-19-17(2)24-22(20-13-8-9-14-21(20)26)25(23(19)27)16-15-18-10-6-5-7-11-18/h5-11,13-14,26H,3-4,12,15-16H2,1-2H3. The van der Waals surface area contributed by atoms with Gasteiger partial charge in [0.25, 0.3) is 5.56 Å². The molecule has 3 rings (SSSR count). The number of benzene rings is 2. The highest BCUT2D eigenvalue weighted by Gasteiger charge is 2.17. The molecule has 1 N–H and O–H groups in total. The zero-order chi connectivity index (χ0) is 19.2. The highest BCUT2D eigenvalue weighted by molar-refractivity contribution is 5.64. The van der Waals surface area contributed by atoms with Gasteiger partial charge < -0.3 is 5.11 Å². The molecule has 0 amide bonds. The van der Waals surface area contributed by atoms with E-state index >= 15 is 0 Å². The summed E-state index contributed by atoms with van der Waals surface area (Å²) >= 11 is 0. The maximum Gasteiger partial charge on any atom is 0.257 e. The van der Waals surface area contributed by atoms with Gasteiger partial charge in [-0.25, -0.2) is 4.98 Å². The fourth-order valence-electron chi connectivity index (χ4n) is 3.30. The predicted molar refractivity (Wildman–Crippen MR) is 109 cm³/mol. The number of aryl methyl sites for hydroxylation is 2. The molecule has 27 heavy (non-hydrogen) atoms. The molecule has 0 aliphatic rings. The lowest BCUT2D eigenvalue weighted by Crippen LogP contribution is -2.29. The van der Waals surface area contributed by atoms with Gasteiger partial charge in [0.15, 0.2) is 0 Å². The smallest absolute Gasteiger partial charge is 0.257 e. The Bertz CT molecular complexity index is 962. The van der Waals surface area contributed by atoms with Crippen LogP contribution in [0, 0.1) is 6.92 Å². The molecule has 4 heteroatoms. The third-order valence-electron chi connectivity index (χ3n) is 4.86. The Morgan fingerprint density at radius 2 is 1.70 bits per heavy atom. The Labute approximate surface area is 160 Å². The largest absolute Gasteiger partial charge is 0.507 e. The molecule has 0 aliphatic carbocycles. The summed E-state index contributed by atoms with van der Waals surface area (Å²) in [6, 6.07) is 17.2. The molecule has 0 bridgehead atoms. The first kappa shape index (κ1) is 18.9. The van der Waals surface area contributed by atoms with E-state index in [1.807, 2.05) is 31.2 Å². The summed E-state index contributed by atoms with van der Waals surface area (Å²) in [4.78, 5) is 18.0. The van der Waals surface area contributed by atoms with Crippen molar-refractivity contribution in [2.45, 2.75) is 46.1 Å². The molecule has 0 radical (unpaired) electrons. The number of hydrogen-bond donors (Lipinski definition) is 1. The van der Waals surface area contributed by atoms with Crippen LogP contribution in [0.15, 0.2) is 59.4 Å². The van der Waals surface area contributed by atoms with Crippen LogP contribution in [0.3, 0.4) is 0 Å². The molecule has 2 aromatic carbocycles. The molecule has 0 unspecified atom stereocenters. The van der Waals surface area contributed by atoms with Gasteiger partial charge in [0, 0.05) is 17.8 Å². The number of nitrogens with zero attached hydrogens (tertiary/aromatic N) is 2. The zero-order valence-corrected chi connectivity index (χ0v) is 16.0. The van der Waals surface area contributed by atoms with Crippen LogP contribution in [0.4, 0.5) is 0 Å². The second kappa shape index (κ2) is 8.67. The van der Waals surface area contributed by atoms with Crippen LogP contribution in [-0.4, -0.2) is 14.7 Å². The molecule has 0 aliphatic heterocycles. The summed E-state index contributed by atoms with van der Waals surface area (Å²) < 4.78 is 1.72. The van der Waals surface area contributed by atoms with Crippen LogP contribution < -0.4 is 5.56 Å². The van der Waals surface area contributed by atoms with Crippen molar-refractivity contribution in [1.29, 1.82) is 0 Å². The third kappa shape index (κ3) is 4.27. The SMILES string of the molecule is CCCCc1c(C)nc(-c2ccccc2O)n(CCc2ccccc2)c1=O. The fraction of sp³-hybridized carbons (Fsp3) is 0.304. The Balaban J connectivity index is 2.08. The van der Waals surface area contributed by atoms with E-state index in [0.29, 0.717) is 17.9 Å². The molecule has 1 heterocycles. The Hall–Kier alpha value is -2.88. The van der Waals surface area contributed by atoms with Crippen molar-refractivity contribution in [2.24, 2.45) is 0 Å². The maximum absolute atomic E-state index is 13.3. The molecule has 0 saturated carbocycles. The minimum absolute atomic E-state index is 0.00475. The first-order valence-electron chi connectivity index (χ1n) is 9.54. The number of hydrogen-bond acceptors (Lipinski definition) is 3. The molecule has 0 atom stereocenters. The number of unbranched alkanes of at least 4 members (excludes halogenated alkanes) is 1. The van der Waals surface area contributed by atoms with Gasteiger partial charge in [-0.05, 0) is 43.9 Å². The minimum Gasteiger partial charge on any atom is -0.507 e. The lowest BCUT2D eigenvalue weighted by atomic mass is 10.1. The minimum atomic E-state index is 0.00475. The number of para-hydroxylation sites is 1. The lowest BCUT2D eigenvalue weighted by molar-refractivity contribution is 0.476. The second-order valence-electron chi connectivity index (χ2n) is 6.81. The zero-order valence-electron chi connectivity index (χ0n) is 16.0. The van der Waals surface area contributed by atoms with Gasteiger partial charge in [0.1, 0.15) is 11.6 Å². The van der Waals surface area contributed by atoms with Crippen molar-refractivity contribution in [3.63, 3.8) is 0 Å². The van der Waals surface area contributed by atoms with Gasteiger partial charge >= 0.3 is 0 Å². The van der Waals surface area contributed by atoms with Gasteiger partial charge in [-0.15, -0.1) is 0 Å². The van der Waals surface area contributed by atoms with Crippen molar-refractivity contribution < 1.29 is 5.11 Å². The number of aromatic hydroxyl groups is 1. The van der Waals surface area contributed by atoms with E-state index in [9.17, 15) is 9.90 Å². The van der Waals surface area contributed by atoms with Gasteiger partial charge in [0.2, 0.25) is 0 Å². The molecule has 4 nitrogen and oxygen atoms in total. The Morgan fingerprint density at radius 1 is 1.00 bits per heavy atom. The summed E-state index contributed by atoms with van der Waals surface area (Å²) in [5, 5.41) is 10.3. The average Bonchev–Trinajstić information content (AvgIpc) is 2.68. The van der Waals surface area contributed by atoms with Crippen molar-refractivity contribution in [3.8, 4) is 17.1 Å². The third-order valence-corrected chi connectivity index (χ3v) is 4.86. The number of phenols is 1. The first-order chi connectivity index (χ1) is 13.1. The lowest BCUT2D eigenvalue weighted by Gasteiger charge is -2.17. The molecule has 1 aromatic heterocycles. The monoisotopic (exact) mass is 362 g/mol. The number of phenolic OH excluding ortho intramolecular Hbond substituents is 1. The molecule has 3 aromatic rings. The van der Waals surface area contributed by atoms with Crippen LogP contribution in [0.25, 0.3) is 11.4 Å². The van der Waals surface area contributed by atoms with E-state index in [2.05, 4.69) is 19.1 Å². The molecule has 0 saturated heterocycles. The van der Waals surface area contributed by atoms with Crippen LogP contribution in [-0.2, 0) is 19.4 Å². The molecule has 140 valence electrons. The Morgan fingerprint density at radius 3 is 2.41 bits per heavy atom. The van der Waals surface area contributed by atoms with Crippen molar-refractivity contribution in [2.75, 3.05) is 0 Å². The topological polar surface area (TPSA) is 55.1 Å². The van der Waals surface area contributed by atoms with E-state index in [0.717, 1.165) is 36.9 Å². The average molecular weight is 362 g/mol. The quantitative estimate of drug-likeness (QED) is 0.673. The van der Waals surface area contributed by atoms with Gasteiger partial charge in [-0.3, -0.25) is 9.36 Å². The number of rotatable bonds is 7. The van der Waals surface area contributed by atoms with E-state index in [1.54, 1.807) is 22.8 Å². The normalized spacial score (nSPS) is 10.9. The highest BCUT2D eigenvalue weighted by Crippen LogP contribution is 2.27. The highest BCUT2D eigenvalue weighted by atomic mass is 16.3. The summed E-state index contributed by atoms with van der Waals surface area (Å²) in [5.41, 5.74) is 3.30. The van der Waals surface area contributed by atoms with Crippen molar-refractivity contribution in [3.05, 3.63) is 81.8 Å². The fourth-order valence-corrected chi connectivity index (χ4v) is 3.30. The van der Waals surface area contributed by atoms with Crippen molar-refractivity contribution >= 4 is 0 Å². The van der Waals surface area contributed by atoms with E-state index in [1.165, 1.54) is 5.56 Å².